The third-order valence-electron chi connectivity index (χ3n) is 3.34. The fourth-order valence-electron chi connectivity index (χ4n) is 2.09. The topological polar surface area (TPSA) is 76.0 Å². The minimum atomic E-state index is -0.838. The number of rotatable bonds is 5. The zero-order valence-corrected chi connectivity index (χ0v) is 15.1. The van der Waals surface area contributed by atoms with Gasteiger partial charge in [0.05, 0.1) is 27.7 Å². The minimum absolute atomic E-state index is 0.00821. The first-order valence-electron chi connectivity index (χ1n) is 7.73. The van der Waals surface area contributed by atoms with E-state index < -0.39 is 5.97 Å². The highest BCUT2D eigenvalue weighted by molar-refractivity contribution is 7.15. The van der Waals surface area contributed by atoms with E-state index in [1.807, 2.05) is 6.07 Å². The number of aryl methyl sites for hydroxylation is 1. The van der Waals surface area contributed by atoms with Crippen molar-refractivity contribution in [2.75, 3.05) is 0 Å². The summed E-state index contributed by atoms with van der Waals surface area (Å²) in [6.45, 7) is 10.7. The van der Waals surface area contributed by atoms with Crippen LogP contribution in [-0.4, -0.2) is 26.0 Å². The van der Waals surface area contributed by atoms with Crippen LogP contribution in [0.3, 0.4) is 0 Å². The summed E-state index contributed by atoms with van der Waals surface area (Å²) in [5.41, 5.74) is 1.87. The molecule has 0 saturated carbocycles. The fourth-order valence-corrected chi connectivity index (χ4v) is 3.34. The molecule has 0 spiro atoms. The van der Waals surface area contributed by atoms with Crippen LogP contribution < -0.4 is 0 Å². The largest absolute Gasteiger partial charge is 0.481 e. The predicted molar refractivity (Wildman–Crippen MR) is 91.9 cm³/mol. The van der Waals surface area contributed by atoms with Gasteiger partial charge in [-0.1, -0.05) is 34.6 Å². The lowest BCUT2D eigenvalue weighted by molar-refractivity contribution is -0.137. The number of carboxylic acids is 1. The Morgan fingerprint density at radius 1 is 1.30 bits per heavy atom. The van der Waals surface area contributed by atoms with Crippen molar-refractivity contribution >= 4 is 17.3 Å². The summed E-state index contributed by atoms with van der Waals surface area (Å²) in [6.07, 6.45) is 2.07. The summed E-state index contributed by atoms with van der Waals surface area (Å²) in [7, 11) is 0. The first-order chi connectivity index (χ1) is 10.7. The van der Waals surface area contributed by atoms with Crippen LogP contribution in [0, 0.1) is 0 Å². The lowest BCUT2D eigenvalue weighted by Crippen LogP contribution is -2.10. The van der Waals surface area contributed by atoms with Gasteiger partial charge >= 0.3 is 5.97 Å². The smallest absolute Gasteiger partial charge is 0.303 e. The number of nitrogens with zero attached hydrogens (tertiary/aromatic N) is 3. The summed E-state index contributed by atoms with van der Waals surface area (Å²) in [6, 6.07) is 1.87. The van der Waals surface area contributed by atoms with Gasteiger partial charge in [-0.15, -0.1) is 11.3 Å². The lowest BCUT2D eigenvalue weighted by Gasteiger charge is -2.13. The Hall–Kier alpha value is -1.82. The Morgan fingerprint density at radius 3 is 2.57 bits per heavy atom. The summed E-state index contributed by atoms with van der Waals surface area (Å²) >= 11 is 1.66. The second kappa shape index (κ2) is 6.74. The maximum Gasteiger partial charge on any atom is 0.303 e. The van der Waals surface area contributed by atoms with Crippen molar-refractivity contribution in [3.63, 3.8) is 0 Å². The number of carbonyl (C=O) groups is 1. The molecule has 0 aliphatic heterocycles. The van der Waals surface area contributed by atoms with E-state index >= 15 is 0 Å². The molecule has 0 atom stereocenters. The molecule has 2 rings (SSSR count). The highest BCUT2D eigenvalue weighted by Gasteiger charge is 2.24. The monoisotopic (exact) mass is 333 g/mol. The normalized spacial score (nSPS) is 11.9. The predicted octanol–water partition coefficient (Wildman–Crippen LogP) is 4.04. The van der Waals surface area contributed by atoms with Crippen molar-refractivity contribution in [1.29, 1.82) is 0 Å². The summed E-state index contributed by atoms with van der Waals surface area (Å²) in [4.78, 5) is 25.3. The average molecular weight is 333 g/mol. The molecule has 0 aromatic carbocycles. The van der Waals surface area contributed by atoms with Gasteiger partial charge in [-0.3, -0.25) is 4.79 Å². The van der Waals surface area contributed by atoms with E-state index in [0.29, 0.717) is 18.2 Å². The molecule has 0 unspecified atom stereocenters. The molecule has 6 heteroatoms. The number of aliphatic carboxylic acids is 1. The molecule has 2 aromatic rings. The molecule has 0 radical (unpaired) electrons. The van der Waals surface area contributed by atoms with Crippen molar-refractivity contribution in [2.24, 2.45) is 0 Å². The summed E-state index contributed by atoms with van der Waals surface area (Å²) < 4.78 is 0. The van der Waals surface area contributed by atoms with Crippen LogP contribution in [0.5, 0.6) is 0 Å². The van der Waals surface area contributed by atoms with Crippen LogP contribution >= 0.6 is 11.3 Å². The van der Waals surface area contributed by atoms with E-state index in [9.17, 15) is 4.79 Å². The number of thiazole rings is 1. The first kappa shape index (κ1) is 17.5. The van der Waals surface area contributed by atoms with E-state index in [1.54, 1.807) is 17.5 Å². The van der Waals surface area contributed by atoms with Crippen molar-refractivity contribution in [3.05, 3.63) is 28.8 Å². The van der Waals surface area contributed by atoms with Gasteiger partial charge in [0.15, 0.2) is 0 Å². The number of hydrogen-bond donors (Lipinski definition) is 1. The molecule has 124 valence electrons. The minimum Gasteiger partial charge on any atom is -0.481 e. The van der Waals surface area contributed by atoms with Gasteiger partial charge in [-0.05, 0) is 12.0 Å². The molecule has 0 fully saturated rings. The molecule has 0 aliphatic carbocycles. The van der Waals surface area contributed by atoms with Gasteiger partial charge in [-0.2, -0.15) is 0 Å². The number of carboxylic acid groups (broad SMARTS) is 1. The van der Waals surface area contributed by atoms with Gasteiger partial charge < -0.3 is 5.11 Å². The third-order valence-corrected chi connectivity index (χ3v) is 4.86. The highest BCUT2D eigenvalue weighted by atomic mass is 32.1. The zero-order chi connectivity index (χ0) is 17.2. The SMILES string of the molecule is CC(C)c1nc(C(C)(C)C)sc1-c1ccnc(CCC(=O)O)n1. The lowest BCUT2D eigenvalue weighted by atomic mass is 9.98. The van der Waals surface area contributed by atoms with Gasteiger partial charge in [0.2, 0.25) is 0 Å². The second-order valence-corrected chi connectivity index (χ2v) is 7.89. The molecule has 23 heavy (non-hydrogen) atoms. The number of hydrogen-bond acceptors (Lipinski definition) is 5. The molecule has 0 saturated heterocycles. The Balaban J connectivity index is 2.42. The van der Waals surface area contributed by atoms with Crippen LogP contribution in [0.25, 0.3) is 10.6 Å². The molecule has 1 N–H and O–H groups in total. The van der Waals surface area contributed by atoms with E-state index in [1.165, 1.54) is 0 Å². The maximum absolute atomic E-state index is 10.7. The van der Waals surface area contributed by atoms with Crippen molar-refractivity contribution < 1.29 is 9.90 Å². The Bertz CT molecular complexity index is 702. The quantitative estimate of drug-likeness (QED) is 0.893. The van der Waals surface area contributed by atoms with Crippen LogP contribution in [0.15, 0.2) is 12.3 Å². The molecule has 5 nitrogen and oxygen atoms in total. The van der Waals surface area contributed by atoms with Crippen molar-refractivity contribution in [3.8, 4) is 10.6 Å². The van der Waals surface area contributed by atoms with Gasteiger partial charge in [0.1, 0.15) is 5.82 Å². The summed E-state index contributed by atoms with van der Waals surface area (Å²) in [5, 5.41) is 9.89. The molecular formula is C17H23N3O2S. The summed E-state index contributed by atoms with van der Waals surface area (Å²) in [5.74, 6) is 0.0229. The molecule has 2 aromatic heterocycles. The van der Waals surface area contributed by atoms with E-state index in [4.69, 9.17) is 10.1 Å². The molecule has 0 amide bonds. The van der Waals surface area contributed by atoms with Gasteiger partial charge in [0, 0.05) is 18.0 Å². The average Bonchev–Trinajstić information content (AvgIpc) is 2.91. The van der Waals surface area contributed by atoms with Crippen LogP contribution in [0.2, 0.25) is 0 Å². The van der Waals surface area contributed by atoms with Crippen LogP contribution in [0.1, 0.15) is 63.5 Å². The standard InChI is InChI=1S/C17H23N3O2S/c1-10(2)14-15(23-16(20-14)17(3,4)5)11-8-9-18-12(19-11)6-7-13(21)22/h8-10H,6-7H2,1-5H3,(H,21,22). The Kier molecular flexibility index (Phi) is 5.14. The molecule has 0 aliphatic rings. The fraction of sp³-hybridized carbons (Fsp3) is 0.529. The molecule has 0 bridgehead atoms. The third kappa shape index (κ3) is 4.34. The first-order valence-corrected chi connectivity index (χ1v) is 8.55. The van der Waals surface area contributed by atoms with Crippen LogP contribution in [0.4, 0.5) is 0 Å². The van der Waals surface area contributed by atoms with Crippen LogP contribution in [-0.2, 0) is 16.6 Å². The number of aromatic nitrogens is 3. The van der Waals surface area contributed by atoms with E-state index in [2.05, 4.69) is 44.6 Å². The molecular weight excluding hydrogens is 310 g/mol. The zero-order valence-electron chi connectivity index (χ0n) is 14.3. The van der Waals surface area contributed by atoms with E-state index in [-0.39, 0.29) is 11.8 Å². The second-order valence-electron chi connectivity index (χ2n) is 6.89. The van der Waals surface area contributed by atoms with E-state index in [0.717, 1.165) is 21.3 Å². The van der Waals surface area contributed by atoms with Crippen molar-refractivity contribution in [2.45, 2.75) is 58.8 Å². The van der Waals surface area contributed by atoms with Crippen molar-refractivity contribution in [1.82, 2.24) is 15.0 Å². The maximum atomic E-state index is 10.7. The Morgan fingerprint density at radius 2 is 2.00 bits per heavy atom. The van der Waals surface area contributed by atoms with Gasteiger partial charge in [-0.25, -0.2) is 15.0 Å². The highest BCUT2D eigenvalue weighted by Crippen LogP contribution is 2.38. The Labute approximate surface area is 140 Å². The molecule has 2 heterocycles. The van der Waals surface area contributed by atoms with Gasteiger partial charge in [0.25, 0.3) is 0 Å².